The molecule has 2 rings (SSSR count). The van der Waals surface area contributed by atoms with E-state index >= 15 is 0 Å². The van der Waals surface area contributed by atoms with Crippen LogP contribution in [0.5, 0.6) is 0 Å². The highest BCUT2D eigenvalue weighted by Gasteiger charge is 2.19. The molecule has 0 aromatic carbocycles. The summed E-state index contributed by atoms with van der Waals surface area (Å²) in [5, 5.41) is 0. The fourth-order valence-corrected chi connectivity index (χ4v) is 3.44. The highest BCUT2D eigenvalue weighted by molar-refractivity contribution is 7.99. The second kappa shape index (κ2) is 6.50. The SMILES string of the molecule is CC1CN(C(N)=NCC2CCCSC2)CCO1. The van der Waals surface area contributed by atoms with Gasteiger partial charge in [-0.05, 0) is 37.2 Å². The van der Waals surface area contributed by atoms with E-state index in [1.54, 1.807) is 0 Å². The molecule has 2 N–H and O–H groups in total. The first-order valence-corrected chi connectivity index (χ1v) is 7.65. The van der Waals surface area contributed by atoms with Gasteiger partial charge in [-0.1, -0.05) is 0 Å². The van der Waals surface area contributed by atoms with Crippen LogP contribution in [-0.2, 0) is 4.74 Å². The third kappa shape index (κ3) is 4.07. The maximum Gasteiger partial charge on any atom is 0.191 e. The minimum atomic E-state index is 0.266. The summed E-state index contributed by atoms with van der Waals surface area (Å²) in [4.78, 5) is 6.70. The quantitative estimate of drug-likeness (QED) is 0.596. The molecule has 2 aliphatic heterocycles. The zero-order chi connectivity index (χ0) is 12.1. The zero-order valence-electron chi connectivity index (χ0n) is 10.6. The topological polar surface area (TPSA) is 50.8 Å². The van der Waals surface area contributed by atoms with Gasteiger partial charge in [-0.25, -0.2) is 0 Å². The van der Waals surface area contributed by atoms with E-state index in [4.69, 9.17) is 10.5 Å². The average Bonchev–Trinajstić information content (AvgIpc) is 2.37. The number of aliphatic imine (C=N–C) groups is 1. The summed E-state index contributed by atoms with van der Waals surface area (Å²) in [7, 11) is 0. The van der Waals surface area contributed by atoms with Crippen molar-refractivity contribution in [3.05, 3.63) is 0 Å². The van der Waals surface area contributed by atoms with Gasteiger partial charge in [-0.3, -0.25) is 4.99 Å². The van der Waals surface area contributed by atoms with Crippen LogP contribution in [0.15, 0.2) is 4.99 Å². The van der Waals surface area contributed by atoms with Crippen molar-refractivity contribution in [1.82, 2.24) is 4.90 Å². The van der Waals surface area contributed by atoms with Gasteiger partial charge in [0.1, 0.15) is 0 Å². The third-order valence-electron chi connectivity index (χ3n) is 3.33. The number of nitrogens with two attached hydrogens (primary N) is 1. The van der Waals surface area contributed by atoms with Crippen LogP contribution in [0.3, 0.4) is 0 Å². The molecule has 98 valence electrons. The van der Waals surface area contributed by atoms with E-state index in [-0.39, 0.29) is 6.10 Å². The molecular formula is C12H23N3OS. The molecule has 0 aromatic rings. The Kier molecular flexibility index (Phi) is 4.98. The molecule has 0 aromatic heterocycles. The highest BCUT2D eigenvalue weighted by Crippen LogP contribution is 2.22. The Morgan fingerprint density at radius 1 is 1.59 bits per heavy atom. The Balaban J connectivity index is 1.79. The molecule has 2 aliphatic rings. The largest absolute Gasteiger partial charge is 0.375 e. The van der Waals surface area contributed by atoms with Crippen LogP contribution in [0.25, 0.3) is 0 Å². The van der Waals surface area contributed by atoms with E-state index in [1.807, 2.05) is 11.8 Å². The smallest absolute Gasteiger partial charge is 0.191 e. The van der Waals surface area contributed by atoms with Gasteiger partial charge in [-0.2, -0.15) is 11.8 Å². The van der Waals surface area contributed by atoms with Crippen LogP contribution in [0.2, 0.25) is 0 Å². The standard InChI is InChI=1S/C12H23N3OS/c1-10-8-15(4-5-16-10)12(13)14-7-11-3-2-6-17-9-11/h10-11H,2-9H2,1H3,(H2,13,14). The number of nitrogens with zero attached hydrogens (tertiary/aromatic N) is 2. The number of guanidine groups is 1. The van der Waals surface area contributed by atoms with Crippen molar-refractivity contribution in [2.24, 2.45) is 16.6 Å². The van der Waals surface area contributed by atoms with Crippen LogP contribution in [0, 0.1) is 5.92 Å². The van der Waals surface area contributed by atoms with E-state index < -0.39 is 0 Å². The van der Waals surface area contributed by atoms with Crippen molar-refractivity contribution in [3.63, 3.8) is 0 Å². The van der Waals surface area contributed by atoms with Crippen LogP contribution < -0.4 is 5.73 Å². The molecule has 2 saturated heterocycles. The Morgan fingerprint density at radius 3 is 3.18 bits per heavy atom. The van der Waals surface area contributed by atoms with Gasteiger partial charge in [0.15, 0.2) is 5.96 Å². The second-order valence-electron chi connectivity index (χ2n) is 4.91. The molecule has 5 heteroatoms. The van der Waals surface area contributed by atoms with Gasteiger partial charge in [0.25, 0.3) is 0 Å². The fraction of sp³-hybridized carbons (Fsp3) is 0.917. The van der Waals surface area contributed by atoms with Gasteiger partial charge in [0.2, 0.25) is 0 Å². The predicted molar refractivity (Wildman–Crippen MR) is 73.5 cm³/mol. The number of morpholine rings is 1. The van der Waals surface area contributed by atoms with Crippen molar-refractivity contribution in [2.75, 3.05) is 37.7 Å². The van der Waals surface area contributed by atoms with Crippen LogP contribution in [-0.4, -0.2) is 54.7 Å². The predicted octanol–water partition coefficient (Wildman–Crippen LogP) is 1.16. The van der Waals surface area contributed by atoms with E-state index in [9.17, 15) is 0 Å². The molecular weight excluding hydrogens is 234 g/mol. The molecule has 0 bridgehead atoms. The molecule has 2 heterocycles. The first kappa shape index (κ1) is 13.0. The average molecular weight is 257 g/mol. The first-order chi connectivity index (χ1) is 8.25. The van der Waals surface area contributed by atoms with Crippen molar-refractivity contribution >= 4 is 17.7 Å². The normalized spacial score (nSPS) is 31.6. The lowest BCUT2D eigenvalue weighted by Crippen LogP contribution is -2.48. The Hall–Kier alpha value is -0.420. The summed E-state index contributed by atoms with van der Waals surface area (Å²) >= 11 is 2.05. The second-order valence-corrected chi connectivity index (χ2v) is 6.06. The van der Waals surface area contributed by atoms with Crippen molar-refractivity contribution in [3.8, 4) is 0 Å². The zero-order valence-corrected chi connectivity index (χ0v) is 11.4. The van der Waals surface area contributed by atoms with Crippen LogP contribution in [0.1, 0.15) is 19.8 Å². The van der Waals surface area contributed by atoms with Crippen molar-refractivity contribution in [1.29, 1.82) is 0 Å². The van der Waals surface area contributed by atoms with E-state index in [2.05, 4.69) is 16.8 Å². The molecule has 4 nitrogen and oxygen atoms in total. The van der Waals surface area contributed by atoms with Gasteiger partial charge in [-0.15, -0.1) is 0 Å². The van der Waals surface area contributed by atoms with Crippen LogP contribution in [0.4, 0.5) is 0 Å². The lowest BCUT2D eigenvalue weighted by molar-refractivity contribution is 0.00528. The number of ether oxygens (including phenoxy) is 1. The van der Waals surface area contributed by atoms with Gasteiger partial charge < -0.3 is 15.4 Å². The summed E-state index contributed by atoms with van der Waals surface area (Å²) in [6.07, 6.45) is 2.91. The van der Waals surface area contributed by atoms with E-state index in [0.29, 0.717) is 5.96 Å². The third-order valence-corrected chi connectivity index (χ3v) is 4.62. The minimum Gasteiger partial charge on any atom is -0.375 e. The van der Waals surface area contributed by atoms with E-state index in [0.717, 1.165) is 32.2 Å². The molecule has 2 atom stereocenters. The minimum absolute atomic E-state index is 0.266. The lowest BCUT2D eigenvalue weighted by Gasteiger charge is -2.32. The lowest BCUT2D eigenvalue weighted by atomic mass is 10.1. The Morgan fingerprint density at radius 2 is 2.47 bits per heavy atom. The number of rotatable bonds is 2. The molecule has 2 fully saturated rings. The summed E-state index contributed by atoms with van der Waals surface area (Å²) in [6.45, 7) is 5.48. The molecule has 0 saturated carbocycles. The monoisotopic (exact) mass is 257 g/mol. The van der Waals surface area contributed by atoms with Crippen molar-refractivity contribution in [2.45, 2.75) is 25.9 Å². The first-order valence-electron chi connectivity index (χ1n) is 6.50. The summed E-state index contributed by atoms with van der Waals surface area (Å²) < 4.78 is 5.50. The molecule has 0 radical (unpaired) electrons. The van der Waals surface area contributed by atoms with Crippen LogP contribution >= 0.6 is 11.8 Å². The Labute approximate surface area is 108 Å². The fourth-order valence-electron chi connectivity index (χ4n) is 2.30. The number of hydrogen-bond acceptors (Lipinski definition) is 3. The van der Waals surface area contributed by atoms with Gasteiger partial charge in [0, 0.05) is 19.6 Å². The maximum atomic E-state index is 6.04. The number of thioether (sulfide) groups is 1. The maximum absolute atomic E-state index is 6.04. The molecule has 2 unspecified atom stereocenters. The molecule has 17 heavy (non-hydrogen) atoms. The van der Waals surface area contributed by atoms with E-state index in [1.165, 1.54) is 24.3 Å². The van der Waals surface area contributed by atoms with Crippen molar-refractivity contribution < 1.29 is 4.74 Å². The summed E-state index contributed by atoms with van der Waals surface area (Å²) in [6, 6.07) is 0. The molecule has 0 aliphatic carbocycles. The summed E-state index contributed by atoms with van der Waals surface area (Å²) in [5.41, 5.74) is 6.04. The van der Waals surface area contributed by atoms with Gasteiger partial charge in [0.05, 0.1) is 12.7 Å². The Bertz CT molecular complexity index is 266. The highest BCUT2D eigenvalue weighted by atomic mass is 32.2. The van der Waals surface area contributed by atoms with Gasteiger partial charge >= 0.3 is 0 Å². The number of hydrogen-bond donors (Lipinski definition) is 1. The molecule has 0 spiro atoms. The molecule has 0 amide bonds. The summed E-state index contributed by atoms with van der Waals surface area (Å²) in [5.74, 6) is 3.99.